The number of aryl methyl sites for hydroxylation is 1. The number of allylic oxidation sites excluding steroid dienone is 1. The third-order valence-electron chi connectivity index (χ3n) is 5.08. The van der Waals surface area contributed by atoms with Gasteiger partial charge in [-0.15, -0.1) is 11.3 Å². The number of amides is 1. The molecule has 0 unspecified atom stereocenters. The second-order valence-corrected chi connectivity index (χ2v) is 7.85. The Bertz CT molecular complexity index is 831. The van der Waals surface area contributed by atoms with Gasteiger partial charge in [0, 0.05) is 19.6 Å². The number of likely N-dealkylation sites (N-methyl/N-ethyl adjacent to an activating group) is 1. The summed E-state index contributed by atoms with van der Waals surface area (Å²) in [6.07, 6.45) is 9.95. The number of hydrogen-bond acceptors (Lipinski definition) is 6. The lowest BCUT2D eigenvalue weighted by atomic mass is 9.97. The van der Waals surface area contributed by atoms with Gasteiger partial charge >= 0.3 is 0 Å². The third-order valence-corrected chi connectivity index (χ3v) is 6.27. The Morgan fingerprint density at radius 3 is 2.93 bits per heavy atom. The number of aromatic nitrogens is 2. The molecular formula is C20H28N4O2S. The number of aliphatic hydroxyl groups excluding tert-OH is 1. The van der Waals surface area contributed by atoms with E-state index in [0.717, 1.165) is 34.6 Å². The van der Waals surface area contributed by atoms with Crippen LogP contribution < -0.4 is 5.32 Å². The van der Waals surface area contributed by atoms with Crippen molar-refractivity contribution >= 4 is 33.3 Å². The van der Waals surface area contributed by atoms with Crippen molar-refractivity contribution in [1.29, 1.82) is 0 Å². The van der Waals surface area contributed by atoms with Gasteiger partial charge < -0.3 is 15.3 Å². The van der Waals surface area contributed by atoms with Gasteiger partial charge in [-0.05, 0) is 51.5 Å². The average Bonchev–Trinajstić information content (AvgIpc) is 3.04. The van der Waals surface area contributed by atoms with Gasteiger partial charge in [0.05, 0.1) is 16.9 Å². The van der Waals surface area contributed by atoms with Crippen LogP contribution in [0.4, 0.5) is 5.82 Å². The molecule has 0 aromatic carbocycles. The van der Waals surface area contributed by atoms with E-state index in [1.807, 2.05) is 13.8 Å². The zero-order valence-corrected chi connectivity index (χ0v) is 16.9. The Morgan fingerprint density at radius 1 is 1.37 bits per heavy atom. The molecule has 1 aliphatic rings. The number of aliphatic hydroxyl groups is 1. The number of rotatable bonds is 8. The second kappa shape index (κ2) is 9.28. The van der Waals surface area contributed by atoms with Crippen molar-refractivity contribution in [3.8, 4) is 0 Å². The van der Waals surface area contributed by atoms with Crippen LogP contribution in [-0.2, 0) is 0 Å². The van der Waals surface area contributed by atoms with Crippen LogP contribution in [0.25, 0.3) is 10.2 Å². The molecule has 1 aliphatic carbocycles. The zero-order valence-electron chi connectivity index (χ0n) is 16.1. The highest BCUT2D eigenvalue weighted by atomic mass is 32.1. The van der Waals surface area contributed by atoms with E-state index in [-0.39, 0.29) is 12.5 Å². The summed E-state index contributed by atoms with van der Waals surface area (Å²) in [5, 5.41) is 13.6. The molecule has 0 aliphatic heterocycles. The average molecular weight is 389 g/mol. The van der Waals surface area contributed by atoms with Gasteiger partial charge in [-0.3, -0.25) is 4.79 Å². The fourth-order valence-electron chi connectivity index (χ4n) is 3.55. The van der Waals surface area contributed by atoms with Crippen molar-refractivity contribution in [2.75, 3.05) is 31.6 Å². The molecule has 27 heavy (non-hydrogen) atoms. The largest absolute Gasteiger partial charge is 0.395 e. The van der Waals surface area contributed by atoms with Crippen LogP contribution in [0.2, 0.25) is 0 Å². The summed E-state index contributed by atoms with van der Waals surface area (Å²) < 4.78 is 0. The van der Waals surface area contributed by atoms with Gasteiger partial charge in [-0.2, -0.15) is 0 Å². The Labute approximate surface area is 164 Å². The summed E-state index contributed by atoms with van der Waals surface area (Å²) in [6, 6.07) is 0. The fraction of sp³-hybridized carbons (Fsp3) is 0.550. The van der Waals surface area contributed by atoms with E-state index in [0.29, 0.717) is 18.0 Å². The van der Waals surface area contributed by atoms with Crippen LogP contribution in [0.5, 0.6) is 0 Å². The Morgan fingerprint density at radius 2 is 2.22 bits per heavy atom. The molecule has 7 heteroatoms. The minimum Gasteiger partial charge on any atom is -0.395 e. The monoisotopic (exact) mass is 388 g/mol. The summed E-state index contributed by atoms with van der Waals surface area (Å²) in [4.78, 5) is 24.8. The number of nitrogens with zero attached hydrogens (tertiary/aromatic N) is 3. The molecule has 146 valence electrons. The van der Waals surface area contributed by atoms with E-state index in [1.165, 1.54) is 42.6 Å². The number of anilines is 1. The predicted molar refractivity (Wildman–Crippen MR) is 110 cm³/mol. The van der Waals surface area contributed by atoms with Crippen molar-refractivity contribution in [2.24, 2.45) is 0 Å². The van der Waals surface area contributed by atoms with E-state index in [2.05, 4.69) is 21.4 Å². The van der Waals surface area contributed by atoms with E-state index in [9.17, 15) is 9.90 Å². The molecule has 2 aromatic rings. The Kier molecular flexibility index (Phi) is 6.79. The molecule has 0 saturated carbocycles. The van der Waals surface area contributed by atoms with Gasteiger partial charge in [-0.25, -0.2) is 9.97 Å². The maximum atomic E-state index is 12.8. The molecule has 0 bridgehead atoms. The third kappa shape index (κ3) is 4.47. The number of fused-ring (bicyclic) bond motifs is 1. The summed E-state index contributed by atoms with van der Waals surface area (Å²) in [7, 11) is 0. The molecule has 2 N–H and O–H groups in total. The van der Waals surface area contributed by atoms with Crippen molar-refractivity contribution in [1.82, 2.24) is 14.9 Å². The Hall–Kier alpha value is -1.99. The first-order valence-electron chi connectivity index (χ1n) is 9.71. The molecule has 2 heterocycles. The second-order valence-electron chi connectivity index (χ2n) is 6.85. The number of thiophene rings is 1. The molecule has 0 saturated heterocycles. The summed E-state index contributed by atoms with van der Waals surface area (Å²) in [6.45, 7) is 5.59. The molecule has 1 amide bonds. The highest BCUT2D eigenvalue weighted by Gasteiger charge is 2.22. The van der Waals surface area contributed by atoms with Crippen LogP contribution in [0.15, 0.2) is 18.0 Å². The summed E-state index contributed by atoms with van der Waals surface area (Å²) in [5.74, 6) is 0.750. The summed E-state index contributed by atoms with van der Waals surface area (Å²) >= 11 is 1.40. The number of carbonyl (C=O) groups is 1. The van der Waals surface area contributed by atoms with Crippen LogP contribution in [-0.4, -0.2) is 52.1 Å². The maximum Gasteiger partial charge on any atom is 0.264 e. The van der Waals surface area contributed by atoms with E-state index in [4.69, 9.17) is 0 Å². The van der Waals surface area contributed by atoms with Crippen molar-refractivity contribution < 1.29 is 9.90 Å². The van der Waals surface area contributed by atoms with Crippen LogP contribution >= 0.6 is 11.3 Å². The van der Waals surface area contributed by atoms with Crippen molar-refractivity contribution in [3.05, 3.63) is 28.4 Å². The van der Waals surface area contributed by atoms with E-state index >= 15 is 0 Å². The quantitative estimate of drug-likeness (QED) is 0.673. The first-order chi connectivity index (χ1) is 13.2. The summed E-state index contributed by atoms with van der Waals surface area (Å²) in [5.41, 5.74) is 2.44. The lowest BCUT2D eigenvalue weighted by molar-refractivity contribution is 0.0736. The van der Waals surface area contributed by atoms with Gasteiger partial charge in [0.25, 0.3) is 5.91 Å². The lowest BCUT2D eigenvalue weighted by Gasteiger charge is -2.19. The van der Waals surface area contributed by atoms with Crippen molar-refractivity contribution in [2.45, 2.75) is 46.0 Å². The molecule has 0 radical (unpaired) electrons. The number of carbonyl (C=O) groups excluding carboxylic acids is 1. The normalized spacial score (nSPS) is 14.3. The van der Waals surface area contributed by atoms with Crippen LogP contribution in [0, 0.1) is 6.92 Å². The van der Waals surface area contributed by atoms with Crippen LogP contribution in [0.1, 0.15) is 54.3 Å². The predicted octanol–water partition coefficient (Wildman–Crippen LogP) is 3.76. The molecule has 6 nitrogen and oxygen atoms in total. The van der Waals surface area contributed by atoms with Gasteiger partial charge in [0.1, 0.15) is 17.0 Å². The Balaban J connectivity index is 1.80. The lowest BCUT2D eigenvalue weighted by Crippen LogP contribution is -2.33. The molecule has 0 atom stereocenters. The highest BCUT2D eigenvalue weighted by molar-refractivity contribution is 7.20. The molecule has 3 rings (SSSR count). The van der Waals surface area contributed by atoms with E-state index < -0.39 is 0 Å². The standard InChI is InChI=1S/C20H28N4O2S/c1-3-24(11-12-25)20(26)17-14(2)16-18(22-13-23-19(16)27-17)21-10-9-15-7-5-4-6-8-15/h7,13,25H,3-6,8-12H2,1-2H3,(H,21,22,23). The minimum atomic E-state index is -0.0506. The maximum absolute atomic E-state index is 12.8. The number of hydrogen-bond donors (Lipinski definition) is 2. The minimum absolute atomic E-state index is 0.0357. The molecular weight excluding hydrogens is 360 g/mol. The van der Waals surface area contributed by atoms with Gasteiger partial charge in [-0.1, -0.05) is 11.6 Å². The first-order valence-corrected chi connectivity index (χ1v) is 10.5. The molecule has 2 aromatic heterocycles. The fourth-order valence-corrected chi connectivity index (χ4v) is 4.67. The van der Waals surface area contributed by atoms with Gasteiger partial charge in [0.2, 0.25) is 0 Å². The molecule has 0 fully saturated rings. The van der Waals surface area contributed by atoms with E-state index in [1.54, 1.807) is 11.2 Å². The van der Waals surface area contributed by atoms with Gasteiger partial charge in [0.15, 0.2) is 0 Å². The topological polar surface area (TPSA) is 78.3 Å². The highest BCUT2D eigenvalue weighted by Crippen LogP contribution is 2.34. The SMILES string of the molecule is CCN(CCO)C(=O)c1sc2ncnc(NCCC3=CCCCC3)c2c1C. The van der Waals surface area contributed by atoms with Crippen LogP contribution in [0.3, 0.4) is 0 Å². The van der Waals surface area contributed by atoms with Crippen molar-refractivity contribution in [3.63, 3.8) is 0 Å². The molecule has 0 spiro atoms. The smallest absolute Gasteiger partial charge is 0.264 e. The first kappa shape index (κ1) is 19.8. The zero-order chi connectivity index (χ0) is 19.2. The number of nitrogens with one attached hydrogen (secondary N) is 1.